The van der Waals surface area contributed by atoms with E-state index < -0.39 is 42.8 Å². The minimum atomic E-state index is -1.75. The lowest BCUT2D eigenvalue weighted by Crippen LogP contribution is -2.46. The maximum atomic E-state index is 12.7. The summed E-state index contributed by atoms with van der Waals surface area (Å²) in [5.41, 5.74) is 0.529. The lowest BCUT2D eigenvalue weighted by Gasteiger charge is -2.40. The van der Waals surface area contributed by atoms with Crippen LogP contribution in [0.5, 0.6) is 0 Å². The first-order valence-electron chi connectivity index (χ1n) is 9.92. The molecule has 0 spiro atoms. The maximum Gasteiger partial charge on any atom is 0.303 e. The van der Waals surface area contributed by atoms with Gasteiger partial charge in [0.25, 0.3) is 0 Å². The molecule has 11 nitrogen and oxygen atoms in total. The molecule has 31 heavy (non-hydrogen) atoms. The summed E-state index contributed by atoms with van der Waals surface area (Å²) in [5.74, 6) is -3.28. The van der Waals surface area contributed by atoms with Gasteiger partial charge in [0.15, 0.2) is 5.78 Å². The Morgan fingerprint density at radius 2 is 1.61 bits per heavy atom. The Morgan fingerprint density at radius 3 is 2.19 bits per heavy atom. The van der Waals surface area contributed by atoms with E-state index in [-0.39, 0.29) is 43.7 Å². The van der Waals surface area contributed by atoms with Crippen LogP contribution in [0.15, 0.2) is 35.9 Å². The van der Waals surface area contributed by atoms with E-state index in [9.17, 15) is 29.7 Å². The van der Waals surface area contributed by atoms with Crippen molar-refractivity contribution in [3.8, 4) is 0 Å². The van der Waals surface area contributed by atoms with Crippen molar-refractivity contribution in [3.05, 3.63) is 35.9 Å². The minimum absolute atomic E-state index is 0.0781. The molecule has 0 aromatic carbocycles. The van der Waals surface area contributed by atoms with Gasteiger partial charge in [-0.3, -0.25) is 14.4 Å². The van der Waals surface area contributed by atoms with Crippen molar-refractivity contribution in [1.29, 1.82) is 0 Å². The first-order valence-corrected chi connectivity index (χ1v) is 9.92. The molecule has 0 bridgehead atoms. The van der Waals surface area contributed by atoms with Crippen LogP contribution < -0.4 is 0 Å². The SMILES string of the molecule is O=C(O)CCCN1C=C(C(O)C(O)C(O)CO)C2C(=O)C=CN(CCCC(=O)O)C2=C1. The summed E-state index contributed by atoms with van der Waals surface area (Å²) in [6.07, 6.45) is 1.19. The van der Waals surface area contributed by atoms with Gasteiger partial charge in [0.2, 0.25) is 0 Å². The van der Waals surface area contributed by atoms with Gasteiger partial charge >= 0.3 is 11.9 Å². The number of hydrogen-bond acceptors (Lipinski definition) is 9. The van der Waals surface area contributed by atoms with E-state index in [1.54, 1.807) is 16.0 Å². The third kappa shape index (κ3) is 6.37. The summed E-state index contributed by atoms with van der Waals surface area (Å²) in [4.78, 5) is 37.6. The molecule has 4 unspecified atom stereocenters. The number of aliphatic carboxylic acids is 2. The molecular weight excluding hydrogens is 412 g/mol. The Labute approximate surface area is 178 Å². The number of carboxylic acids is 2. The number of carbonyl (C=O) groups is 3. The van der Waals surface area contributed by atoms with Crippen LogP contribution in [0.3, 0.4) is 0 Å². The Hall–Kier alpha value is -2.73. The zero-order valence-corrected chi connectivity index (χ0v) is 16.9. The van der Waals surface area contributed by atoms with Gasteiger partial charge in [0.05, 0.1) is 12.5 Å². The molecule has 0 aliphatic carbocycles. The molecule has 2 aliphatic heterocycles. The zero-order valence-electron chi connectivity index (χ0n) is 16.9. The Kier molecular flexibility index (Phi) is 8.75. The summed E-state index contributed by atoms with van der Waals surface area (Å²) in [5, 5.41) is 57.4. The Balaban J connectivity index is 2.33. The van der Waals surface area contributed by atoms with Crippen LogP contribution in [0.1, 0.15) is 25.7 Å². The van der Waals surface area contributed by atoms with Gasteiger partial charge in [-0.05, 0) is 24.5 Å². The van der Waals surface area contributed by atoms with Crippen LogP contribution >= 0.6 is 0 Å². The third-order valence-corrected chi connectivity index (χ3v) is 5.12. The van der Waals surface area contributed by atoms with Crippen LogP contribution in [-0.2, 0) is 14.4 Å². The van der Waals surface area contributed by atoms with E-state index in [0.717, 1.165) is 0 Å². The number of allylic oxidation sites excluding steroid dienone is 2. The highest BCUT2D eigenvalue weighted by atomic mass is 16.4. The van der Waals surface area contributed by atoms with Crippen LogP contribution in [0, 0.1) is 5.92 Å². The topological polar surface area (TPSA) is 179 Å². The zero-order chi connectivity index (χ0) is 23.1. The number of aliphatic hydroxyl groups is 4. The minimum Gasteiger partial charge on any atom is -0.481 e. The second-order valence-electron chi connectivity index (χ2n) is 7.45. The smallest absolute Gasteiger partial charge is 0.303 e. The van der Waals surface area contributed by atoms with Crippen LogP contribution in [0.25, 0.3) is 0 Å². The quantitative estimate of drug-likeness (QED) is 0.216. The summed E-state index contributed by atoms with van der Waals surface area (Å²) in [6.45, 7) is -0.263. The molecule has 4 atom stereocenters. The van der Waals surface area contributed by atoms with E-state index in [1.165, 1.54) is 18.5 Å². The standard InChI is InChI=1S/C20H28N2O9/c23-11-15(25)20(31)19(30)12-9-21(6-1-3-16(26)27)10-13-18(12)14(24)5-8-22(13)7-2-4-17(28)29/h5,8-10,15,18-20,23,25,30-31H,1-4,6-7,11H2,(H,26,27)(H,28,29). The molecule has 2 aliphatic rings. The molecule has 0 amide bonds. The van der Waals surface area contributed by atoms with Gasteiger partial charge in [-0.1, -0.05) is 0 Å². The van der Waals surface area contributed by atoms with E-state index in [1.807, 2.05) is 0 Å². The second kappa shape index (κ2) is 11.0. The largest absolute Gasteiger partial charge is 0.481 e. The maximum absolute atomic E-state index is 12.7. The number of carbonyl (C=O) groups excluding carboxylic acids is 1. The fourth-order valence-corrected chi connectivity index (χ4v) is 3.52. The average molecular weight is 440 g/mol. The van der Waals surface area contributed by atoms with Crippen LogP contribution in [-0.4, -0.2) is 96.2 Å². The number of fused-ring (bicyclic) bond motifs is 1. The first-order chi connectivity index (χ1) is 14.6. The monoisotopic (exact) mass is 440 g/mol. The normalized spacial score (nSPS) is 21.2. The summed E-state index contributed by atoms with van der Waals surface area (Å²) >= 11 is 0. The fraction of sp³-hybridized carbons (Fsp3) is 0.550. The number of nitrogens with zero attached hydrogens (tertiary/aromatic N) is 2. The van der Waals surface area contributed by atoms with Gasteiger partial charge < -0.3 is 40.4 Å². The van der Waals surface area contributed by atoms with E-state index >= 15 is 0 Å². The molecule has 0 radical (unpaired) electrons. The average Bonchev–Trinajstić information content (AvgIpc) is 2.72. The van der Waals surface area contributed by atoms with Crippen molar-refractivity contribution >= 4 is 17.7 Å². The second-order valence-corrected chi connectivity index (χ2v) is 7.45. The lowest BCUT2D eigenvalue weighted by atomic mass is 9.82. The molecule has 0 fully saturated rings. The first kappa shape index (κ1) is 24.5. The highest BCUT2D eigenvalue weighted by Gasteiger charge is 2.40. The number of aliphatic hydroxyl groups excluding tert-OH is 4. The van der Waals surface area contributed by atoms with E-state index in [4.69, 9.17) is 15.3 Å². The lowest BCUT2D eigenvalue weighted by molar-refractivity contribution is -0.138. The molecule has 0 aromatic heterocycles. The van der Waals surface area contributed by atoms with Crippen molar-refractivity contribution in [1.82, 2.24) is 9.80 Å². The van der Waals surface area contributed by atoms with E-state index in [0.29, 0.717) is 12.1 Å². The highest BCUT2D eigenvalue weighted by molar-refractivity contribution is 5.97. The van der Waals surface area contributed by atoms with Crippen molar-refractivity contribution in [3.63, 3.8) is 0 Å². The predicted octanol–water partition coefficient (Wildman–Crippen LogP) is -1.15. The van der Waals surface area contributed by atoms with Gasteiger partial charge in [-0.15, -0.1) is 0 Å². The Bertz CT molecular complexity index is 777. The number of hydrogen-bond donors (Lipinski definition) is 6. The van der Waals surface area contributed by atoms with Crippen molar-refractivity contribution in [2.24, 2.45) is 5.92 Å². The molecule has 0 saturated heterocycles. The molecule has 0 saturated carbocycles. The van der Waals surface area contributed by atoms with Gasteiger partial charge in [0, 0.05) is 50.2 Å². The predicted molar refractivity (Wildman–Crippen MR) is 106 cm³/mol. The molecular formula is C20H28N2O9. The molecule has 2 rings (SSSR count). The number of carboxylic acid groups (broad SMARTS) is 2. The van der Waals surface area contributed by atoms with Gasteiger partial charge in [-0.25, -0.2) is 0 Å². The summed E-state index contributed by atoms with van der Waals surface area (Å²) in [6, 6.07) is 0. The van der Waals surface area contributed by atoms with Crippen molar-refractivity contribution in [2.75, 3.05) is 19.7 Å². The van der Waals surface area contributed by atoms with Crippen molar-refractivity contribution in [2.45, 2.75) is 44.0 Å². The molecule has 2 heterocycles. The third-order valence-electron chi connectivity index (χ3n) is 5.12. The molecule has 6 N–H and O–H groups in total. The van der Waals surface area contributed by atoms with Crippen LogP contribution in [0.2, 0.25) is 0 Å². The fourth-order valence-electron chi connectivity index (χ4n) is 3.52. The van der Waals surface area contributed by atoms with Gasteiger partial charge in [0.1, 0.15) is 18.3 Å². The summed E-state index contributed by atoms with van der Waals surface area (Å²) < 4.78 is 0. The molecule has 11 heteroatoms. The number of rotatable bonds is 12. The van der Waals surface area contributed by atoms with E-state index in [2.05, 4.69) is 0 Å². The summed E-state index contributed by atoms with van der Waals surface area (Å²) in [7, 11) is 0. The Morgan fingerprint density at radius 1 is 1.00 bits per heavy atom. The van der Waals surface area contributed by atoms with Gasteiger partial charge in [-0.2, -0.15) is 0 Å². The number of ketones is 1. The molecule has 0 aromatic rings. The highest BCUT2D eigenvalue weighted by Crippen LogP contribution is 2.36. The van der Waals surface area contributed by atoms with Crippen molar-refractivity contribution < 1.29 is 45.0 Å². The van der Waals surface area contributed by atoms with Crippen LogP contribution in [0.4, 0.5) is 0 Å². The molecule has 172 valence electrons.